The van der Waals surface area contributed by atoms with Crippen molar-refractivity contribution in [2.45, 2.75) is 13.0 Å². The number of hydrogen-bond acceptors (Lipinski definition) is 4. The summed E-state index contributed by atoms with van der Waals surface area (Å²) in [6.45, 7) is 1.70. The summed E-state index contributed by atoms with van der Waals surface area (Å²) in [6, 6.07) is 2.70. The molecule has 1 aromatic heterocycles. The molecule has 1 atom stereocenters. The van der Waals surface area contributed by atoms with Crippen LogP contribution in [0.15, 0.2) is 18.3 Å². The van der Waals surface area contributed by atoms with Gasteiger partial charge in [-0.15, -0.1) is 0 Å². The summed E-state index contributed by atoms with van der Waals surface area (Å²) in [5.41, 5.74) is 5.48. The number of primary amides is 1. The van der Waals surface area contributed by atoms with E-state index in [-0.39, 0.29) is 11.5 Å². The van der Waals surface area contributed by atoms with Crippen LogP contribution in [-0.4, -0.2) is 41.8 Å². The van der Waals surface area contributed by atoms with Crippen LogP contribution < -0.4 is 11.1 Å². The van der Waals surface area contributed by atoms with Gasteiger partial charge in [0.1, 0.15) is 11.9 Å². The molecule has 0 bridgehead atoms. The van der Waals surface area contributed by atoms with Gasteiger partial charge in [0, 0.05) is 20.3 Å². The monoisotopic (exact) mass is 236 g/mol. The number of nitrogens with one attached hydrogen (secondary N) is 1. The van der Waals surface area contributed by atoms with Crippen LogP contribution in [0.5, 0.6) is 0 Å². The molecule has 1 unspecified atom stereocenters. The second-order valence-electron chi connectivity index (χ2n) is 3.86. The number of likely N-dealkylation sites (N-methyl/N-ethyl adjacent to an activating group) is 1. The first-order valence-corrected chi connectivity index (χ1v) is 5.16. The number of carbonyl (C=O) groups excluding carboxylic acids is 2. The average molecular weight is 236 g/mol. The lowest BCUT2D eigenvalue weighted by atomic mass is 10.2. The normalized spacial score (nSPS) is 11.7. The number of aromatic nitrogens is 1. The molecule has 2 amide bonds. The summed E-state index contributed by atoms with van der Waals surface area (Å²) in [5.74, 6) is -0.362. The van der Waals surface area contributed by atoms with Gasteiger partial charge in [-0.2, -0.15) is 0 Å². The van der Waals surface area contributed by atoms with Crippen molar-refractivity contribution in [3.63, 3.8) is 0 Å². The maximum absolute atomic E-state index is 11.6. The van der Waals surface area contributed by atoms with E-state index in [2.05, 4.69) is 10.3 Å². The van der Waals surface area contributed by atoms with Crippen molar-refractivity contribution >= 4 is 17.6 Å². The minimum atomic E-state index is -0.579. The average Bonchev–Trinajstić information content (AvgIpc) is 2.28. The lowest BCUT2D eigenvalue weighted by Crippen LogP contribution is -2.37. The number of rotatable bonds is 4. The molecule has 0 aromatic carbocycles. The summed E-state index contributed by atoms with van der Waals surface area (Å²) < 4.78 is 0. The van der Waals surface area contributed by atoms with Gasteiger partial charge < -0.3 is 16.0 Å². The summed E-state index contributed by atoms with van der Waals surface area (Å²) in [4.78, 5) is 28.3. The molecule has 0 aliphatic rings. The molecular formula is C11H16N4O2. The smallest absolute Gasteiger partial charge is 0.252 e. The summed E-state index contributed by atoms with van der Waals surface area (Å²) in [7, 11) is 3.32. The maximum atomic E-state index is 11.6. The first-order valence-electron chi connectivity index (χ1n) is 5.16. The van der Waals surface area contributed by atoms with Crippen LogP contribution in [-0.2, 0) is 4.79 Å². The Morgan fingerprint density at radius 2 is 2.12 bits per heavy atom. The molecule has 0 fully saturated rings. The van der Waals surface area contributed by atoms with Gasteiger partial charge >= 0.3 is 0 Å². The van der Waals surface area contributed by atoms with Crippen molar-refractivity contribution in [2.24, 2.45) is 5.73 Å². The molecule has 92 valence electrons. The second kappa shape index (κ2) is 5.29. The summed E-state index contributed by atoms with van der Waals surface area (Å²) in [6.07, 6.45) is 1.53. The van der Waals surface area contributed by atoms with Crippen molar-refractivity contribution in [3.05, 3.63) is 23.9 Å². The van der Waals surface area contributed by atoms with Gasteiger partial charge in [0.05, 0.1) is 5.56 Å². The second-order valence-corrected chi connectivity index (χ2v) is 3.86. The molecule has 0 aliphatic carbocycles. The molecular weight excluding hydrogens is 220 g/mol. The molecule has 1 heterocycles. The zero-order valence-electron chi connectivity index (χ0n) is 10.1. The van der Waals surface area contributed by atoms with E-state index >= 15 is 0 Å². The van der Waals surface area contributed by atoms with E-state index in [0.29, 0.717) is 5.82 Å². The Morgan fingerprint density at radius 1 is 1.47 bits per heavy atom. The van der Waals surface area contributed by atoms with Gasteiger partial charge in [-0.25, -0.2) is 4.98 Å². The topological polar surface area (TPSA) is 88.3 Å². The fourth-order valence-electron chi connectivity index (χ4n) is 1.37. The Labute approximate surface area is 99.8 Å². The third-order valence-corrected chi connectivity index (χ3v) is 2.24. The van der Waals surface area contributed by atoms with Crippen molar-refractivity contribution in [1.29, 1.82) is 0 Å². The zero-order valence-corrected chi connectivity index (χ0v) is 10.1. The Hall–Kier alpha value is -2.11. The van der Waals surface area contributed by atoms with Gasteiger partial charge in [-0.1, -0.05) is 0 Å². The van der Waals surface area contributed by atoms with Gasteiger partial charge in [-0.3, -0.25) is 9.59 Å². The highest BCUT2D eigenvalue weighted by Crippen LogP contribution is 2.12. The Bertz CT molecular complexity index is 431. The molecule has 0 aliphatic heterocycles. The van der Waals surface area contributed by atoms with E-state index in [1.54, 1.807) is 33.2 Å². The van der Waals surface area contributed by atoms with Crippen molar-refractivity contribution < 1.29 is 9.59 Å². The van der Waals surface area contributed by atoms with Crippen molar-refractivity contribution in [1.82, 2.24) is 9.88 Å². The Morgan fingerprint density at radius 3 is 2.65 bits per heavy atom. The highest BCUT2D eigenvalue weighted by Gasteiger charge is 2.17. The number of carbonyl (C=O) groups is 2. The van der Waals surface area contributed by atoms with E-state index in [1.165, 1.54) is 11.1 Å². The predicted molar refractivity (Wildman–Crippen MR) is 64.5 cm³/mol. The number of anilines is 1. The van der Waals surface area contributed by atoms with E-state index in [9.17, 15) is 9.59 Å². The lowest BCUT2D eigenvalue weighted by molar-refractivity contribution is -0.129. The highest BCUT2D eigenvalue weighted by atomic mass is 16.2. The first-order chi connectivity index (χ1) is 7.93. The fourth-order valence-corrected chi connectivity index (χ4v) is 1.37. The quantitative estimate of drug-likeness (QED) is 0.774. The molecule has 6 nitrogen and oxygen atoms in total. The van der Waals surface area contributed by atoms with Crippen LogP contribution in [0.2, 0.25) is 0 Å². The van der Waals surface area contributed by atoms with Crippen molar-refractivity contribution in [2.75, 3.05) is 19.4 Å². The van der Waals surface area contributed by atoms with Crippen LogP contribution in [0.3, 0.4) is 0 Å². The van der Waals surface area contributed by atoms with Crippen LogP contribution >= 0.6 is 0 Å². The zero-order chi connectivity index (χ0) is 13.0. The molecule has 0 saturated carbocycles. The number of amides is 2. The largest absolute Gasteiger partial charge is 0.365 e. The Kier molecular flexibility index (Phi) is 4.03. The van der Waals surface area contributed by atoms with Gasteiger partial charge in [-0.05, 0) is 19.1 Å². The van der Waals surface area contributed by atoms with Crippen molar-refractivity contribution in [3.8, 4) is 0 Å². The molecule has 0 saturated heterocycles. The molecule has 0 spiro atoms. The standard InChI is InChI=1S/C11H16N4O2/c1-7(11(17)15(2)3)14-10-8(9(12)16)5-4-6-13-10/h4-7H,1-3H3,(H2,12,16)(H,13,14). The molecule has 3 N–H and O–H groups in total. The minimum Gasteiger partial charge on any atom is -0.365 e. The van der Waals surface area contributed by atoms with E-state index < -0.39 is 11.9 Å². The van der Waals surface area contributed by atoms with Crippen LogP contribution in [0, 0.1) is 0 Å². The Balaban J connectivity index is 2.88. The third-order valence-electron chi connectivity index (χ3n) is 2.24. The molecule has 1 rings (SSSR count). The molecule has 6 heteroatoms. The number of nitrogens with two attached hydrogens (primary N) is 1. The fraction of sp³-hybridized carbons (Fsp3) is 0.364. The van der Waals surface area contributed by atoms with Crippen LogP contribution in [0.1, 0.15) is 17.3 Å². The molecule has 1 aromatic rings. The number of hydrogen-bond donors (Lipinski definition) is 2. The number of nitrogens with zero attached hydrogens (tertiary/aromatic N) is 2. The highest BCUT2D eigenvalue weighted by molar-refractivity contribution is 5.98. The van der Waals surface area contributed by atoms with Gasteiger partial charge in [0.25, 0.3) is 5.91 Å². The van der Waals surface area contributed by atoms with E-state index in [0.717, 1.165) is 0 Å². The number of pyridine rings is 1. The van der Waals surface area contributed by atoms with Gasteiger partial charge in [0.2, 0.25) is 5.91 Å². The molecule has 17 heavy (non-hydrogen) atoms. The third kappa shape index (κ3) is 3.17. The predicted octanol–water partition coefficient (Wildman–Crippen LogP) is 0.0691. The van der Waals surface area contributed by atoms with E-state index in [4.69, 9.17) is 5.73 Å². The van der Waals surface area contributed by atoms with Gasteiger partial charge in [0.15, 0.2) is 0 Å². The molecule has 0 radical (unpaired) electrons. The van der Waals surface area contributed by atoms with Crippen LogP contribution in [0.25, 0.3) is 0 Å². The first kappa shape index (κ1) is 13.0. The summed E-state index contributed by atoms with van der Waals surface area (Å²) >= 11 is 0. The lowest BCUT2D eigenvalue weighted by Gasteiger charge is -2.19. The maximum Gasteiger partial charge on any atom is 0.252 e. The SMILES string of the molecule is CC(Nc1ncccc1C(N)=O)C(=O)N(C)C. The van der Waals surface area contributed by atoms with Crippen LogP contribution in [0.4, 0.5) is 5.82 Å². The summed E-state index contributed by atoms with van der Waals surface area (Å²) in [5, 5.41) is 2.87. The van der Waals surface area contributed by atoms with E-state index in [1.807, 2.05) is 0 Å². The minimum absolute atomic E-state index is 0.105.